The average Bonchev–Trinajstić information content (AvgIpc) is 3.12. The van der Waals surface area contributed by atoms with Crippen LogP contribution in [0.25, 0.3) is 0 Å². The van der Waals surface area contributed by atoms with Gasteiger partial charge in [0.05, 0.1) is 34.3 Å². The molecule has 2 aliphatic carbocycles. The molecule has 2 fully saturated rings. The first-order chi connectivity index (χ1) is 21.1. The summed E-state index contributed by atoms with van der Waals surface area (Å²) in [5.74, 6) is -8.49. The van der Waals surface area contributed by atoms with Gasteiger partial charge in [0, 0.05) is 29.9 Å². The highest BCUT2D eigenvalue weighted by atomic mass is 35.5. The summed E-state index contributed by atoms with van der Waals surface area (Å²) < 4.78 is 72.5. The number of ether oxygens (including phenoxy) is 1. The molecule has 0 spiro atoms. The lowest BCUT2D eigenvalue weighted by atomic mass is 9.74. The third kappa shape index (κ3) is 7.17. The molecule has 0 saturated heterocycles. The van der Waals surface area contributed by atoms with Crippen LogP contribution in [0, 0.1) is 29.3 Å². The topological polar surface area (TPSA) is 194 Å². The Bertz CT molecular complexity index is 1610. The van der Waals surface area contributed by atoms with Crippen molar-refractivity contribution in [3.05, 3.63) is 58.4 Å². The Kier molecular flexibility index (Phi) is 9.99. The van der Waals surface area contributed by atoms with Crippen LogP contribution in [0.1, 0.15) is 42.5 Å². The largest absolute Gasteiger partial charge is 0.453 e. The van der Waals surface area contributed by atoms with E-state index in [1.807, 2.05) is 0 Å². The number of alkyl carbamates (subject to hydrolysis) is 1. The van der Waals surface area contributed by atoms with Gasteiger partial charge in [-0.2, -0.15) is 0 Å². The first-order valence-corrected chi connectivity index (χ1v) is 15.6. The molecule has 4 rings (SSSR count). The van der Waals surface area contributed by atoms with Crippen molar-refractivity contribution in [1.29, 1.82) is 0 Å². The van der Waals surface area contributed by atoms with E-state index in [-0.39, 0.29) is 34.9 Å². The van der Waals surface area contributed by atoms with E-state index in [2.05, 4.69) is 20.7 Å². The smallest absolute Gasteiger partial charge is 0.407 e. The zero-order valence-electron chi connectivity index (χ0n) is 23.7. The van der Waals surface area contributed by atoms with Gasteiger partial charge in [-0.1, -0.05) is 11.6 Å². The van der Waals surface area contributed by atoms with Gasteiger partial charge in [0.1, 0.15) is 6.04 Å². The number of rotatable bonds is 10. The fraction of sp³-hybridized carbons (Fsp3) is 0.429. The number of carbonyl (C=O) groups excluding carboxylic acids is 4. The predicted octanol–water partition coefficient (Wildman–Crippen LogP) is 2.42. The minimum absolute atomic E-state index is 0.00276. The minimum atomic E-state index is -4.18. The van der Waals surface area contributed by atoms with Crippen molar-refractivity contribution in [3.63, 3.8) is 0 Å². The lowest BCUT2D eigenvalue weighted by molar-refractivity contribution is -0.129. The number of nitrogens with two attached hydrogens (primary N) is 1. The SMILES string of the molecule is COC(=O)N[C@@H](CC(N)=O)C(=O)NCC1(O)C2CC[C@H]1CC(S(=O)(=O)c1cc(C(=O)Nc3cc(F)c(F)c(F)c3)ccc1Cl)C2. The van der Waals surface area contributed by atoms with Gasteiger partial charge in [0.15, 0.2) is 27.3 Å². The van der Waals surface area contributed by atoms with Crippen LogP contribution in [0.15, 0.2) is 35.2 Å². The van der Waals surface area contributed by atoms with Gasteiger partial charge in [-0.05, 0) is 55.7 Å². The van der Waals surface area contributed by atoms with Crippen LogP contribution in [0.5, 0.6) is 0 Å². The van der Waals surface area contributed by atoms with E-state index in [0.29, 0.717) is 25.0 Å². The summed E-state index contributed by atoms with van der Waals surface area (Å²) in [5.41, 5.74) is 3.08. The van der Waals surface area contributed by atoms with Crippen LogP contribution in [0.2, 0.25) is 5.02 Å². The van der Waals surface area contributed by atoms with Crippen LogP contribution in [-0.4, -0.2) is 67.9 Å². The molecule has 4 amide bonds. The highest BCUT2D eigenvalue weighted by molar-refractivity contribution is 7.92. The van der Waals surface area contributed by atoms with Gasteiger partial charge in [-0.25, -0.2) is 26.4 Å². The van der Waals surface area contributed by atoms with Crippen LogP contribution in [0.3, 0.4) is 0 Å². The van der Waals surface area contributed by atoms with Crippen LogP contribution in [-0.2, 0) is 24.2 Å². The molecule has 45 heavy (non-hydrogen) atoms. The van der Waals surface area contributed by atoms with Gasteiger partial charge in [0.2, 0.25) is 11.8 Å². The summed E-state index contributed by atoms with van der Waals surface area (Å²) in [6.45, 7) is -0.285. The standard InChI is InChI=1S/C28H30ClF3N4O8S/c1-44-27(40)36-21(11-23(33)37)26(39)34-12-28(41)14-3-4-15(28)8-17(7-14)45(42,43)22-6-13(2-5-18(22)29)25(38)35-16-9-19(30)24(32)20(31)10-16/h2,5-6,9-10,14-15,17,21,41H,3-4,7-8,11-12H2,1H3,(H2,33,37)(H,34,39)(H,35,38)(H,36,40)/t14-,15?,17?,21-,28?/m0/s1. The first-order valence-electron chi connectivity index (χ1n) is 13.7. The lowest BCUT2D eigenvalue weighted by Crippen LogP contribution is -2.57. The van der Waals surface area contributed by atoms with Crippen molar-refractivity contribution >= 4 is 50.9 Å². The van der Waals surface area contributed by atoms with Crippen LogP contribution >= 0.6 is 11.6 Å². The van der Waals surface area contributed by atoms with Crippen LogP contribution in [0.4, 0.5) is 23.7 Å². The molecule has 0 aromatic heterocycles. The lowest BCUT2D eigenvalue weighted by Gasteiger charge is -2.42. The predicted molar refractivity (Wildman–Crippen MR) is 153 cm³/mol. The molecule has 3 unspecified atom stereocenters. The van der Waals surface area contributed by atoms with Crippen molar-refractivity contribution in [3.8, 4) is 0 Å². The quantitative estimate of drug-likeness (QED) is 0.237. The Morgan fingerprint density at radius 3 is 2.24 bits per heavy atom. The maximum absolute atomic E-state index is 13.8. The molecule has 2 aromatic carbocycles. The fourth-order valence-corrected chi connectivity index (χ4v) is 8.39. The number of amides is 4. The number of aliphatic hydroxyl groups is 1. The van der Waals surface area contributed by atoms with Gasteiger partial charge in [0.25, 0.3) is 5.91 Å². The zero-order chi connectivity index (χ0) is 33.3. The summed E-state index contributed by atoms with van der Waals surface area (Å²) in [6, 6.07) is 3.19. The monoisotopic (exact) mass is 674 g/mol. The van der Waals surface area contributed by atoms with E-state index in [9.17, 15) is 45.9 Å². The number of hydrogen-bond donors (Lipinski definition) is 5. The second-order valence-corrected chi connectivity index (χ2v) is 13.6. The van der Waals surface area contributed by atoms with Crippen molar-refractivity contribution in [2.75, 3.05) is 19.0 Å². The van der Waals surface area contributed by atoms with E-state index in [0.717, 1.165) is 13.2 Å². The van der Waals surface area contributed by atoms with Crippen molar-refractivity contribution in [1.82, 2.24) is 10.6 Å². The van der Waals surface area contributed by atoms with E-state index >= 15 is 0 Å². The number of sulfone groups is 1. The first kappa shape index (κ1) is 34.0. The van der Waals surface area contributed by atoms with Gasteiger partial charge in [-0.3, -0.25) is 14.4 Å². The van der Waals surface area contributed by atoms with E-state index in [1.54, 1.807) is 0 Å². The minimum Gasteiger partial charge on any atom is -0.453 e. The van der Waals surface area contributed by atoms with Gasteiger partial charge >= 0.3 is 6.09 Å². The number of carbonyl (C=O) groups is 4. The number of nitrogens with one attached hydrogen (secondary N) is 3. The molecule has 2 aromatic rings. The molecule has 0 aliphatic heterocycles. The molecule has 244 valence electrons. The van der Waals surface area contributed by atoms with Crippen molar-refractivity contribution < 1.29 is 50.6 Å². The maximum atomic E-state index is 13.8. The normalized spacial score (nSPS) is 23.1. The molecular weight excluding hydrogens is 645 g/mol. The molecular formula is C28H30ClF3N4O8S. The number of primary amides is 1. The van der Waals surface area contributed by atoms with Crippen molar-refractivity contribution in [2.45, 2.75) is 53.9 Å². The number of halogens is 4. The molecule has 2 aliphatic rings. The molecule has 0 radical (unpaired) electrons. The molecule has 6 N–H and O–H groups in total. The Morgan fingerprint density at radius 2 is 1.69 bits per heavy atom. The number of hydrogen-bond acceptors (Lipinski definition) is 8. The molecule has 2 bridgehead atoms. The third-order valence-corrected chi connectivity index (χ3v) is 11.0. The van der Waals surface area contributed by atoms with E-state index in [4.69, 9.17) is 17.3 Å². The van der Waals surface area contributed by atoms with E-state index < -0.39 is 91.9 Å². The van der Waals surface area contributed by atoms with Gasteiger partial charge < -0.3 is 31.5 Å². The summed E-state index contributed by atoms with van der Waals surface area (Å²) in [7, 11) is -3.12. The summed E-state index contributed by atoms with van der Waals surface area (Å²) in [4.78, 5) is 48.2. The number of methoxy groups -OCH3 is 1. The molecule has 17 heteroatoms. The fourth-order valence-electron chi connectivity index (χ4n) is 5.99. The van der Waals surface area contributed by atoms with Crippen molar-refractivity contribution in [2.24, 2.45) is 17.6 Å². The molecule has 2 saturated carbocycles. The Labute approximate surface area is 260 Å². The molecule has 5 atom stereocenters. The Balaban J connectivity index is 1.48. The Morgan fingerprint density at radius 1 is 1.09 bits per heavy atom. The third-order valence-electron chi connectivity index (χ3n) is 8.30. The average molecular weight is 675 g/mol. The summed E-state index contributed by atoms with van der Waals surface area (Å²) in [6.07, 6.45) is -0.597. The van der Waals surface area contributed by atoms with Gasteiger partial charge in [-0.15, -0.1) is 0 Å². The second-order valence-electron chi connectivity index (χ2n) is 11.0. The Hall–Kier alpha value is -3.89. The second kappa shape index (κ2) is 13.2. The maximum Gasteiger partial charge on any atom is 0.407 e. The number of anilines is 1. The number of fused-ring (bicyclic) bond motifs is 2. The highest BCUT2D eigenvalue weighted by Gasteiger charge is 2.55. The summed E-state index contributed by atoms with van der Waals surface area (Å²) >= 11 is 6.24. The molecule has 0 heterocycles. The zero-order valence-corrected chi connectivity index (χ0v) is 25.3. The van der Waals surface area contributed by atoms with E-state index in [1.165, 1.54) is 12.1 Å². The van der Waals surface area contributed by atoms with Crippen LogP contribution < -0.4 is 21.7 Å². The number of benzene rings is 2. The highest BCUT2D eigenvalue weighted by Crippen LogP contribution is 2.52. The molecule has 12 nitrogen and oxygen atoms in total. The summed E-state index contributed by atoms with van der Waals surface area (Å²) in [5, 5.41) is 17.3.